The van der Waals surface area contributed by atoms with Gasteiger partial charge in [0.15, 0.2) is 0 Å². The molecule has 2 aliphatic heterocycles. The van der Waals surface area contributed by atoms with Crippen LogP contribution in [-0.2, 0) is 42.9 Å². The molecule has 0 radical (unpaired) electrons. The number of cyclic esters (lactones) is 3. The van der Waals surface area contributed by atoms with Gasteiger partial charge in [0.2, 0.25) is 0 Å². The lowest BCUT2D eigenvalue weighted by Gasteiger charge is -2.63. The Morgan fingerprint density at radius 3 is 1.75 bits per heavy atom. The fourth-order valence-corrected chi connectivity index (χ4v) is 17.4. The van der Waals surface area contributed by atoms with Crippen molar-refractivity contribution in [1.29, 1.82) is 0 Å². The number of rotatable bonds is 12. The van der Waals surface area contributed by atoms with Gasteiger partial charge in [-0.25, -0.2) is 0 Å². The van der Waals surface area contributed by atoms with Crippen molar-refractivity contribution in [3.8, 4) is 0 Å². The zero-order chi connectivity index (χ0) is 39.1. The van der Waals surface area contributed by atoms with Gasteiger partial charge < -0.3 is 24.1 Å². The van der Waals surface area contributed by atoms with E-state index in [0.717, 1.165) is 57.8 Å². The highest BCUT2D eigenvalue weighted by Gasteiger charge is 2.65. The number of hydrogen-bond acceptors (Lipinski definition) is 10. The van der Waals surface area contributed by atoms with Crippen LogP contribution in [0.25, 0.3) is 0 Å². The highest BCUT2D eigenvalue weighted by Crippen LogP contribution is 2.67. The molecular formula is C54H96O10. The molecular weight excluding hydrogens is 809 g/mol. The van der Waals surface area contributed by atoms with E-state index in [2.05, 4.69) is 20.8 Å². The summed E-state index contributed by atoms with van der Waals surface area (Å²) in [6, 6.07) is 0. The van der Waals surface area contributed by atoms with Crippen molar-refractivity contribution < 1.29 is 48.0 Å². The van der Waals surface area contributed by atoms with Crippen molar-refractivity contribution in [3.05, 3.63) is 0 Å². The molecule has 1 N–H and O–H groups in total. The molecule has 0 spiro atoms. The first-order valence-electron chi connectivity index (χ1n) is 22.8. The average molecular weight is 905 g/mol. The summed E-state index contributed by atoms with van der Waals surface area (Å²) in [6.45, 7) is 8.60. The van der Waals surface area contributed by atoms with Crippen LogP contribution >= 0.6 is 0 Å². The van der Waals surface area contributed by atoms with E-state index in [0.29, 0.717) is 50.0 Å². The van der Waals surface area contributed by atoms with Gasteiger partial charge in [-0.1, -0.05) is 87.1 Å². The Hall–Kier alpha value is -2.49. The zero-order valence-corrected chi connectivity index (χ0v) is 34.0. The monoisotopic (exact) mass is 905 g/mol. The van der Waals surface area contributed by atoms with E-state index in [1.165, 1.54) is 19.3 Å². The molecule has 64 heavy (non-hydrogen) atoms. The number of fused-ring (bicyclic) bond motifs is 5. The Morgan fingerprint density at radius 2 is 1.25 bits per heavy atom. The first-order valence-corrected chi connectivity index (χ1v) is 22.8. The summed E-state index contributed by atoms with van der Waals surface area (Å²) in [5.41, 5.74) is -2.37. The van der Waals surface area contributed by atoms with E-state index >= 15 is 4.79 Å². The van der Waals surface area contributed by atoms with Crippen LogP contribution in [0, 0.1) is 94.2 Å². The second-order valence-electron chi connectivity index (χ2n) is 21.8. The van der Waals surface area contributed by atoms with Gasteiger partial charge in [0.05, 0.1) is 41.8 Å². The first kappa shape index (κ1) is 57.6. The van der Waals surface area contributed by atoms with E-state index in [1.54, 1.807) is 6.92 Å². The molecule has 0 amide bonds. The third kappa shape index (κ3) is 8.76. The number of aliphatic hydroxyl groups is 1. The largest absolute Gasteiger partial charge is 0.465 e. The van der Waals surface area contributed by atoms with Crippen LogP contribution in [0.4, 0.5) is 0 Å². The minimum atomic E-state index is -1.08. The first-order chi connectivity index (χ1) is 26.7. The molecule has 0 aromatic heterocycles. The Balaban J connectivity index is 0.00000176. The number of ether oxygens (including phenoxy) is 4. The summed E-state index contributed by atoms with van der Waals surface area (Å²) in [6.07, 6.45) is 14.3. The van der Waals surface area contributed by atoms with Crippen molar-refractivity contribution in [1.82, 2.24) is 0 Å². The summed E-state index contributed by atoms with van der Waals surface area (Å²) >= 11 is 0. The van der Waals surface area contributed by atoms with E-state index in [1.807, 2.05) is 0 Å². The highest BCUT2D eigenvalue weighted by atomic mass is 16.6. The van der Waals surface area contributed by atoms with Crippen LogP contribution in [-0.4, -0.2) is 58.4 Å². The van der Waals surface area contributed by atoms with Crippen LogP contribution < -0.4 is 0 Å². The molecule has 10 saturated carbocycles. The maximum Gasteiger partial charge on any atom is 0.318 e. The lowest BCUT2D eigenvalue weighted by molar-refractivity contribution is -0.225. The highest BCUT2D eigenvalue weighted by molar-refractivity contribution is 5.98. The molecule has 2 heterocycles. The third-order valence-electron chi connectivity index (χ3n) is 18.9. The lowest BCUT2D eigenvalue weighted by Crippen LogP contribution is -2.61. The third-order valence-corrected chi connectivity index (χ3v) is 18.9. The Morgan fingerprint density at radius 1 is 0.703 bits per heavy atom. The molecule has 372 valence electrons. The van der Waals surface area contributed by atoms with Gasteiger partial charge in [0, 0.05) is 17.8 Å². The predicted octanol–water partition coefficient (Wildman–Crippen LogP) is 12.1. The van der Waals surface area contributed by atoms with Crippen LogP contribution in [0.1, 0.15) is 196 Å². The van der Waals surface area contributed by atoms with E-state index in [-0.39, 0.29) is 131 Å². The quantitative estimate of drug-likeness (QED) is 0.114. The molecule has 10 heteroatoms. The van der Waals surface area contributed by atoms with Gasteiger partial charge in [-0.15, -0.1) is 0 Å². The van der Waals surface area contributed by atoms with Gasteiger partial charge in [-0.3, -0.25) is 24.0 Å². The SMILES string of the molecule is C.C.C.C.C.C.C.C.CCC(CC)(OC(=O)C(CC(C(=O)OC12CC3CC(CC(O)(C3)C1)C2)C1C(=O)OC(=O)C1C)CC1C(C)C2CC1C1COC(=O)C21)C12CC3CC(CC(C3)C1)C2. The second kappa shape index (κ2) is 20.0. The number of carbonyl (C=O) groups excluding carboxylic acids is 5. The molecule has 10 nitrogen and oxygen atoms in total. The molecule has 12 rings (SSSR count). The van der Waals surface area contributed by atoms with Crippen molar-refractivity contribution in [2.45, 2.75) is 213 Å². The van der Waals surface area contributed by atoms with Crippen molar-refractivity contribution in [3.63, 3.8) is 0 Å². The molecule has 10 aliphatic carbocycles. The molecule has 0 aromatic carbocycles. The Bertz CT molecular complexity index is 1630. The molecule has 2 saturated heterocycles. The molecule has 10 bridgehead atoms. The summed E-state index contributed by atoms with van der Waals surface area (Å²) in [5, 5.41) is 11.5. The molecule has 12 fully saturated rings. The maximum atomic E-state index is 15.3. The molecule has 12 atom stereocenters. The van der Waals surface area contributed by atoms with E-state index < -0.39 is 58.4 Å². The fraction of sp³-hybridized carbons (Fsp3) is 0.907. The van der Waals surface area contributed by atoms with Gasteiger partial charge in [0.25, 0.3) is 0 Å². The smallest absolute Gasteiger partial charge is 0.318 e. The van der Waals surface area contributed by atoms with Gasteiger partial charge >= 0.3 is 29.8 Å². The van der Waals surface area contributed by atoms with Gasteiger partial charge in [-0.05, 0) is 156 Å². The second-order valence-corrected chi connectivity index (χ2v) is 21.8. The van der Waals surface area contributed by atoms with Crippen molar-refractivity contribution in [2.24, 2.45) is 94.2 Å². The summed E-state index contributed by atoms with van der Waals surface area (Å²) in [4.78, 5) is 69.6. The van der Waals surface area contributed by atoms with Crippen LogP contribution in [0.5, 0.6) is 0 Å². The lowest BCUT2D eigenvalue weighted by atomic mass is 9.44. The minimum absolute atomic E-state index is 0. The standard InChI is InChI=1S/C46H64O10.8CH4/c1-5-46(6-2,43-14-25-7-26(15-43)9-27(8-25)16-43)56-39(48)30(11-31-23(3)32-13-33(31)35-21-53-41(50)37(32)35)12-34(36-24(4)38(47)54-42(36)51)40(49)55-45-19-28-10-29(20-45)18-44(52,17-28)22-45;;;;;;;;/h23-37,52H,5-22H2,1-4H3;8*1H4. The van der Waals surface area contributed by atoms with Gasteiger partial charge in [0.1, 0.15) is 11.2 Å². The average Bonchev–Trinajstić information content (AvgIpc) is 3.84. The predicted molar refractivity (Wildman–Crippen MR) is 254 cm³/mol. The van der Waals surface area contributed by atoms with Crippen LogP contribution in [0.3, 0.4) is 0 Å². The topological polar surface area (TPSA) is 143 Å². The zero-order valence-electron chi connectivity index (χ0n) is 34.0. The number of carbonyl (C=O) groups is 5. The molecule has 0 aromatic rings. The normalized spacial score (nSPS) is 42.8. The summed E-state index contributed by atoms with van der Waals surface area (Å²) < 4.78 is 24.5. The van der Waals surface area contributed by atoms with E-state index in [4.69, 9.17) is 18.9 Å². The van der Waals surface area contributed by atoms with Crippen LogP contribution in [0.2, 0.25) is 0 Å². The Labute approximate surface area is 390 Å². The van der Waals surface area contributed by atoms with E-state index in [9.17, 15) is 24.3 Å². The molecule has 12 aliphatic rings. The number of esters is 5. The number of hydrogen-bond donors (Lipinski definition) is 1. The Kier molecular flexibility index (Phi) is 18.0. The van der Waals surface area contributed by atoms with Crippen molar-refractivity contribution >= 4 is 29.8 Å². The van der Waals surface area contributed by atoms with Gasteiger partial charge in [-0.2, -0.15) is 0 Å². The van der Waals surface area contributed by atoms with Crippen molar-refractivity contribution in [2.75, 3.05) is 6.61 Å². The fourth-order valence-electron chi connectivity index (χ4n) is 17.4. The summed E-state index contributed by atoms with van der Waals surface area (Å²) in [5.74, 6) is -2.71. The minimum Gasteiger partial charge on any atom is -0.465 e. The van der Waals surface area contributed by atoms with Crippen LogP contribution in [0.15, 0.2) is 0 Å². The summed E-state index contributed by atoms with van der Waals surface area (Å²) in [7, 11) is 0. The molecule has 12 unspecified atom stereocenters. The maximum absolute atomic E-state index is 15.3.